The summed E-state index contributed by atoms with van der Waals surface area (Å²) < 4.78 is 37.4. The van der Waals surface area contributed by atoms with Crippen molar-refractivity contribution in [2.24, 2.45) is 0 Å². The minimum atomic E-state index is -3.74. The number of aromatic nitrogens is 1. The first-order valence-electron chi connectivity index (χ1n) is 5.85. The van der Waals surface area contributed by atoms with E-state index in [9.17, 15) is 8.42 Å². The number of aryl methyl sites for hydroxylation is 1. The van der Waals surface area contributed by atoms with Crippen molar-refractivity contribution in [2.75, 3.05) is 24.7 Å². The van der Waals surface area contributed by atoms with Crippen LogP contribution in [0.5, 0.6) is 11.5 Å². The van der Waals surface area contributed by atoms with Crippen LogP contribution >= 0.6 is 11.3 Å². The Kier molecular flexibility index (Phi) is 4.24. The molecule has 2 rings (SSSR count). The van der Waals surface area contributed by atoms with E-state index >= 15 is 0 Å². The van der Waals surface area contributed by atoms with Gasteiger partial charge in [-0.15, -0.1) is 0 Å². The summed E-state index contributed by atoms with van der Waals surface area (Å²) in [5, 5.41) is 0.209. The number of benzene rings is 1. The van der Waals surface area contributed by atoms with Crippen molar-refractivity contribution >= 4 is 32.2 Å². The van der Waals surface area contributed by atoms with Crippen molar-refractivity contribution in [3.8, 4) is 11.5 Å². The quantitative estimate of drug-likeness (QED) is 0.867. The smallest absolute Gasteiger partial charge is 0.273 e. The van der Waals surface area contributed by atoms with Crippen molar-refractivity contribution in [1.82, 2.24) is 4.98 Å². The van der Waals surface area contributed by atoms with Gasteiger partial charge in [0.05, 0.1) is 25.6 Å². The molecule has 7 nitrogen and oxygen atoms in total. The summed E-state index contributed by atoms with van der Waals surface area (Å²) in [4.78, 5) is 3.91. The highest BCUT2D eigenvalue weighted by Gasteiger charge is 2.21. The Morgan fingerprint density at radius 3 is 2.43 bits per heavy atom. The Labute approximate surface area is 126 Å². The number of nitrogens with two attached hydrogens (primary N) is 1. The van der Waals surface area contributed by atoms with Gasteiger partial charge in [0.25, 0.3) is 10.0 Å². The number of rotatable bonds is 5. The summed E-state index contributed by atoms with van der Waals surface area (Å²) in [6, 6.07) is 4.74. The van der Waals surface area contributed by atoms with Crippen molar-refractivity contribution in [3.63, 3.8) is 0 Å². The first-order chi connectivity index (χ1) is 9.87. The molecule has 0 aliphatic rings. The summed E-state index contributed by atoms with van der Waals surface area (Å²) in [6.07, 6.45) is 0. The first-order valence-corrected chi connectivity index (χ1v) is 8.15. The van der Waals surface area contributed by atoms with Crippen LogP contribution in [-0.2, 0) is 10.0 Å². The highest BCUT2D eigenvalue weighted by molar-refractivity contribution is 7.94. The Morgan fingerprint density at radius 1 is 1.24 bits per heavy atom. The molecule has 0 bridgehead atoms. The average molecular weight is 329 g/mol. The maximum Gasteiger partial charge on any atom is 0.273 e. The summed E-state index contributed by atoms with van der Waals surface area (Å²) >= 11 is 0.918. The maximum atomic E-state index is 12.3. The van der Waals surface area contributed by atoms with Crippen molar-refractivity contribution < 1.29 is 17.9 Å². The molecule has 2 aromatic rings. The molecule has 0 aliphatic heterocycles. The van der Waals surface area contributed by atoms with Crippen LogP contribution in [0.2, 0.25) is 0 Å². The molecule has 0 unspecified atom stereocenters. The third kappa shape index (κ3) is 3.19. The van der Waals surface area contributed by atoms with Gasteiger partial charge in [-0.3, -0.25) is 4.72 Å². The predicted octanol–water partition coefficient (Wildman–Crippen LogP) is 1.85. The normalized spacial score (nSPS) is 11.2. The predicted molar refractivity (Wildman–Crippen MR) is 81.6 cm³/mol. The Bertz CT molecular complexity index is 756. The molecular weight excluding hydrogens is 314 g/mol. The lowest BCUT2D eigenvalue weighted by molar-refractivity contribution is 0.355. The Morgan fingerprint density at radius 2 is 1.90 bits per heavy atom. The molecule has 0 aliphatic carbocycles. The van der Waals surface area contributed by atoms with Crippen LogP contribution in [0, 0.1) is 6.92 Å². The largest absolute Gasteiger partial charge is 0.493 e. The van der Waals surface area contributed by atoms with Gasteiger partial charge in [-0.05, 0) is 19.1 Å². The third-order valence-corrected chi connectivity index (χ3v) is 5.63. The van der Waals surface area contributed by atoms with Gasteiger partial charge in [-0.2, -0.15) is 0 Å². The van der Waals surface area contributed by atoms with E-state index in [0.29, 0.717) is 22.9 Å². The van der Waals surface area contributed by atoms with E-state index in [2.05, 4.69) is 9.71 Å². The fourth-order valence-electron chi connectivity index (χ4n) is 1.75. The van der Waals surface area contributed by atoms with E-state index in [4.69, 9.17) is 15.2 Å². The summed E-state index contributed by atoms with van der Waals surface area (Å²) in [7, 11) is -0.757. The Balaban J connectivity index is 2.35. The topological polar surface area (TPSA) is 104 Å². The van der Waals surface area contributed by atoms with Crippen LogP contribution in [-0.4, -0.2) is 27.6 Å². The number of nitrogens with zero attached hydrogens (tertiary/aromatic N) is 1. The third-order valence-electron chi connectivity index (χ3n) is 2.65. The SMILES string of the molecule is COc1ccc(NS(=O)(=O)c2sc(N)nc2C)cc1OC. The molecule has 1 aromatic carbocycles. The second-order valence-electron chi connectivity index (χ2n) is 4.10. The number of ether oxygens (including phenoxy) is 2. The molecule has 1 aromatic heterocycles. The number of methoxy groups -OCH3 is 2. The van der Waals surface area contributed by atoms with Gasteiger partial charge in [-0.25, -0.2) is 13.4 Å². The second kappa shape index (κ2) is 5.78. The number of hydrogen-bond donors (Lipinski definition) is 2. The van der Waals surface area contributed by atoms with Crippen LogP contribution in [0.25, 0.3) is 0 Å². The molecule has 21 heavy (non-hydrogen) atoms. The second-order valence-corrected chi connectivity index (χ2v) is 7.01. The van der Waals surface area contributed by atoms with E-state index in [1.165, 1.54) is 20.3 Å². The number of nitrogens with one attached hydrogen (secondary N) is 1. The molecule has 114 valence electrons. The summed E-state index contributed by atoms with van der Waals surface area (Å²) in [6.45, 7) is 1.59. The summed E-state index contributed by atoms with van der Waals surface area (Å²) in [5.41, 5.74) is 6.26. The van der Waals surface area contributed by atoms with Crippen molar-refractivity contribution in [3.05, 3.63) is 23.9 Å². The van der Waals surface area contributed by atoms with E-state index in [-0.39, 0.29) is 9.34 Å². The zero-order valence-electron chi connectivity index (χ0n) is 11.7. The fraction of sp³-hybridized carbons (Fsp3) is 0.250. The number of nitrogen functional groups attached to an aromatic ring is 1. The number of anilines is 2. The monoisotopic (exact) mass is 329 g/mol. The van der Waals surface area contributed by atoms with Crippen LogP contribution in [0.4, 0.5) is 10.8 Å². The molecule has 0 saturated carbocycles. The number of thiazole rings is 1. The molecule has 0 amide bonds. The number of hydrogen-bond acceptors (Lipinski definition) is 7. The molecule has 0 radical (unpaired) electrons. The lowest BCUT2D eigenvalue weighted by Crippen LogP contribution is -2.12. The molecule has 9 heteroatoms. The molecule has 1 heterocycles. The van der Waals surface area contributed by atoms with Crippen LogP contribution < -0.4 is 19.9 Å². The van der Waals surface area contributed by atoms with Gasteiger partial charge < -0.3 is 15.2 Å². The van der Waals surface area contributed by atoms with Crippen LogP contribution in [0.15, 0.2) is 22.4 Å². The molecule has 3 N–H and O–H groups in total. The van der Waals surface area contributed by atoms with E-state index < -0.39 is 10.0 Å². The molecule has 0 fully saturated rings. The fourth-order valence-corrected chi connectivity index (χ4v) is 4.10. The maximum absolute atomic E-state index is 12.3. The first kappa shape index (κ1) is 15.4. The van der Waals surface area contributed by atoms with Gasteiger partial charge in [0.1, 0.15) is 0 Å². The highest BCUT2D eigenvalue weighted by Crippen LogP contribution is 2.32. The lowest BCUT2D eigenvalue weighted by Gasteiger charge is -2.11. The van der Waals surface area contributed by atoms with Gasteiger partial charge in [0.15, 0.2) is 20.8 Å². The molecule has 0 spiro atoms. The lowest BCUT2D eigenvalue weighted by atomic mass is 10.3. The molecule has 0 saturated heterocycles. The minimum Gasteiger partial charge on any atom is -0.493 e. The molecular formula is C12H15N3O4S2. The van der Waals surface area contributed by atoms with Crippen molar-refractivity contribution in [1.29, 1.82) is 0 Å². The average Bonchev–Trinajstić information content (AvgIpc) is 2.78. The van der Waals surface area contributed by atoms with E-state index in [0.717, 1.165) is 11.3 Å². The zero-order valence-corrected chi connectivity index (χ0v) is 13.3. The standard InChI is InChI=1S/C12H15N3O4S2/c1-7-11(20-12(13)14-7)21(16,17)15-8-4-5-9(18-2)10(6-8)19-3/h4-6,15H,1-3H3,(H2,13,14). The van der Waals surface area contributed by atoms with E-state index in [1.54, 1.807) is 19.1 Å². The van der Waals surface area contributed by atoms with Gasteiger partial charge >= 0.3 is 0 Å². The summed E-state index contributed by atoms with van der Waals surface area (Å²) in [5.74, 6) is 0.942. The number of sulfonamides is 1. The Hall–Kier alpha value is -2.00. The minimum absolute atomic E-state index is 0.0924. The zero-order chi connectivity index (χ0) is 15.6. The van der Waals surface area contributed by atoms with E-state index in [1.807, 2.05) is 0 Å². The van der Waals surface area contributed by atoms with Crippen LogP contribution in [0.1, 0.15) is 5.69 Å². The highest BCUT2D eigenvalue weighted by atomic mass is 32.2. The van der Waals surface area contributed by atoms with Gasteiger partial charge in [-0.1, -0.05) is 11.3 Å². The molecule has 0 atom stereocenters. The van der Waals surface area contributed by atoms with Crippen LogP contribution in [0.3, 0.4) is 0 Å². The van der Waals surface area contributed by atoms with Crippen molar-refractivity contribution in [2.45, 2.75) is 11.1 Å². The van der Waals surface area contributed by atoms with Gasteiger partial charge in [0.2, 0.25) is 0 Å². The van der Waals surface area contributed by atoms with Gasteiger partial charge in [0, 0.05) is 6.07 Å².